The topological polar surface area (TPSA) is 30.4 Å². The van der Waals surface area contributed by atoms with Crippen molar-refractivity contribution >= 4 is 28.7 Å². The summed E-state index contributed by atoms with van der Waals surface area (Å²) in [5, 5.41) is 0.913. The van der Waals surface area contributed by atoms with Gasteiger partial charge in [-0.3, -0.25) is 4.40 Å². The van der Waals surface area contributed by atoms with Crippen LogP contribution < -0.4 is 0 Å². The molecule has 3 aromatic heterocycles. The van der Waals surface area contributed by atoms with Crippen LogP contribution in [0.1, 0.15) is 0 Å². The fraction of sp³-hybridized carbons (Fsp3) is 0. The van der Waals surface area contributed by atoms with E-state index in [1.807, 2.05) is 12.1 Å². The van der Waals surface area contributed by atoms with Crippen LogP contribution in [0.15, 0.2) is 40.9 Å². The average Bonchev–Trinajstić information content (AvgIpc) is 2.84. The Morgan fingerprint density at radius 1 is 1.12 bits per heavy atom. The monoisotopic (exact) mass is 252 g/mol. The predicted octanol–water partition coefficient (Wildman–Crippen LogP) is 3.90. The lowest BCUT2D eigenvalue weighted by Crippen LogP contribution is -1.89. The number of rotatable bonds is 1. The number of nitrogens with zero attached hydrogens (tertiary/aromatic N) is 2. The summed E-state index contributed by atoms with van der Waals surface area (Å²) in [4.78, 5) is 4.27. The largest absolute Gasteiger partial charge is 0.441 e. The minimum absolute atomic E-state index is 0.332. The van der Waals surface area contributed by atoms with E-state index >= 15 is 0 Å². The summed E-state index contributed by atoms with van der Waals surface area (Å²) in [6, 6.07) is 9.03. The zero-order valence-electron chi connectivity index (χ0n) is 8.02. The molecule has 0 aliphatic rings. The summed E-state index contributed by atoms with van der Waals surface area (Å²) in [6.45, 7) is 0. The molecule has 0 spiro atoms. The van der Waals surface area contributed by atoms with E-state index in [2.05, 4.69) is 4.98 Å². The third kappa shape index (κ3) is 1.40. The van der Waals surface area contributed by atoms with Crippen LogP contribution in [0.25, 0.3) is 17.1 Å². The molecule has 16 heavy (non-hydrogen) atoms. The second-order valence-electron chi connectivity index (χ2n) is 3.29. The summed E-state index contributed by atoms with van der Waals surface area (Å²) in [5.41, 5.74) is 0.912. The normalized spacial score (nSPS) is 11.1. The van der Waals surface area contributed by atoms with Gasteiger partial charge in [0.05, 0.1) is 11.7 Å². The average molecular weight is 253 g/mol. The van der Waals surface area contributed by atoms with E-state index in [1.54, 1.807) is 28.8 Å². The minimum atomic E-state index is 0.332. The first-order valence-electron chi connectivity index (χ1n) is 4.63. The molecule has 80 valence electrons. The number of fused-ring (bicyclic) bond motifs is 1. The lowest BCUT2D eigenvalue weighted by molar-refractivity contribution is 0.579. The third-order valence-electron chi connectivity index (χ3n) is 2.30. The molecule has 0 N–H and O–H groups in total. The Bertz CT molecular complexity index is 657. The first-order chi connectivity index (χ1) is 7.75. The first kappa shape index (κ1) is 9.75. The molecule has 3 aromatic rings. The Kier molecular flexibility index (Phi) is 2.16. The van der Waals surface area contributed by atoms with E-state index in [0.29, 0.717) is 22.0 Å². The summed E-state index contributed by atoms with van der Waals surface area (Å²) < 4.78 is 7.12. The molecule has 0 unspecified atom stereocenters. The van der Waals surface area contributed by atoms with Gasteiger partial charge in [-0.2, -0.15) is 0 Å². The smallest absolute Gasteiger partial charge is 0.194 e. The van der Waals surface area contributed by atoms with Crippen LogP contribution in [0.4, 0.5) is 0 Å². The van der Waals surface area contributed by atoms with Gasteiger partial charge in [0.2, 0.25) is 0 Å². The number of halogens is 2. The molecule has 0 radical (unpaired) electrons. The minimum Gasteiger partial charge on any atom is -0.441 e. The quantitative estimate of drug-likeness (QED) is 0.615. The number of hydrogen-bond acceptors (Lipinski definition) is 2. The molecule has 0 atom stereocenters. The van der Waals surface area contributed by atoms with Crippen molar-refractivity contribution in [1.29, 1.82) is 0 Å². The number of hydrogen-bond donors (Lipinski definition) is 0. The Labute approximate surface area is 101 Å². The molecule has 3 heterocycles. The van der Waals surface area contributed by atoms with Crippen molar-refractivity contribution in [2.45, 2.75) is 0 Å². The van der Waals surface area contributed by atoms with Gasteiger partial charge < -0.3 is 4.42 Å². The molecule has 0 saturated heterocycles. The van der Waals surface area contributed by atoms with Crippen LogP contribution >= 0.6 is 23.2 Å². The number of aromatic nitrogens is 2. The van der Waals surface area contributed by atoms with Gasteiger partial charge in [0, 0.05) is 0 Å². The maximum absolute atomic E-state index is 6.11. The van der Waals surface area contributed by atoms with E-state index < -0.39 is 0 Å². The molecule has 3 nitrogen and oxygen atoms in total. The molecule has 0 fully saturated rings. The summed E-state index contributed by atoms with van der Waals surface area (Å²) in [7, 11) is 0. The van der Waals surface area contributed by atoms with Crippen molar-refractivity contribution in [3.05, 3.63) is 46.9 Å². The van der Waals surface area contributed by atoms with E-state index in [0.717, 1.165) is 5.52 Å². The van der Waals surface area contributed by atoms with Gasteiger partial charge >= 0.3 is 0 Å². The van der Waals surface area contributed by atoms with Gasteiger partial charge in [-0.15, -0.1) is 0 Å². The highest BCUT2D eigenvalue weighted by Crippen LogP contribution is 2.26. The Morgan fingerprint density at radius 3 is 2.75 bits per heavy atom. The Morgan fingerprint density at radius 2 is 2.00 bits per heavy atom. The maximum atomic E-state index is 6.11. The number of imidazole rings is 1. The van der Waals surface area contributed by atoms with E-state index in [-0.39, 0.29) is 0 Å². The van der Waals surface area contributed by atoms with Crippen molar-refractivity contribution in [3.8, 4) is 11.6 Å². The van der Waals surface area contributed by atoms with Crippen molar-refractivity contribution in [2.75, 3.05) is 0 Å². The Balaban J connectivity index is 2.32. The molecule has 0 saturated carbocycles. The van der Waals surface area contributed by atoms with E-state index in [1.165, 1.54) is 0 Å². The summed E-state index contributed by atoms with van der Waals surface area (Å²) in [5.74, 6) is 1.24. The highest BCUT2D eigenvalue weighted by molar-refractivity contribution is 6.30. The van der Waals surface area contributed by atoms with Crippen LogP contribution in [-0.4, -0.2) is 9.38 Å². The SMILES string of the molecule is Clc1ccc(-c2ncc3cccc(Cl)n23)o1. The lowest BCUT2D eigenvalue weighted by Gasteiger charge is -2.00. The fourth-order valence-electron chi connectivity index (χ4n) is 1.62. The van der Waals surface area contributed by atoms with Gasteiger partial charge in [0.15, 0.2) is 16.8 Å². The Hall–Kier alpha value is -1.45. The predicted molar refractivity (Wildman–Crippen MR) is 62.9 cm³/mol. The fourth-order valence-corrected chi connectivity index (χ4v) is 2.01. The number of pyridine rings is 1. The highest BCUT2D eigenvalue weighted by Gasteiger charge is 2.11. The van der Waals surface area contributed by atoms with Gasteiger partial charge in [-0.1, -0.05) is 17.7 Å². The molecule has 0 aromatic carbocycles. The van der Waals surface area contributed by atoms with Crippen LogP contribution in [0.2, 0.25) is 10.4 Å². The van der Waals surface area contributed by atoms with Gasteiger partial charge in [-0.25, -0.2) is 4.98 Å². The third-order valence-corrected chi connectivity index (χ3v) is 2.80. The standard InChI is InChI=1S/C11H6Cl2N2O/c12-9-3-1-2-7-6-14-11(15(7)9)8-4-5-10(13)16-8/h1-6H. The molecule has 0 bridgehead atoms. The number of furan rings is 1. The lowest BCUT2D eigenvalue weighted by atomic mass is 10.4. The maximum Gasteiger partial charge on any atom is 0.194 e. The van der Waals surface area contributed by atoms with Crippen molar-refractivity contribution in [2.24, 2.45) is 0 Å². The molecule has 0 aliphatic heterocycles. The second-order valence-corrected chi connectivity index (χ2v) is 4.05. The van der Waals surface area contributed by atoms with Crippen LogP contribution in [0, 0.1) is 0 Å². The van der Waals surface area contributed by atoms with Crippen LogP contribution in [0.5, 0.6) is 0 Å². The molecular weight excluding hydrogens is 247 g/mol. The van der Waals surface area contributed by atoms with Crippen molar-refractivity contribution < 1.29 is 4.42 Å². The molecule has 3 rings (SSSR count). The van der Waals surface area contributed by atoms with Crippen molar-refractivity contribution in [1.82, 2.24) is 9.38 Å². The second kappa shape index (κ2) is 3.54. The first-order valence-corrected chi connectivity index (χ1v) is 5.39. The van der Waals surface area contributed by atoms with E-state index in [4.69, 9.17) is 27.6 Å². The van der Waals surface area contributed by atoms with Gasteiger partial charge in [0.1, 0.15) is 5.15 Å². The summed E-state index contributed by atoms with van der Waals surface area (Å²) >= 11 is 11.8. The zero-order chi connectivity index (χ0) is 11.1. The molecule has 0 amide bonds. The highest BCUT2D eigenvalue weighted by atomic mass is 35.5. The molecule has 0 aliphatic carbocycles. The zero-order valence-corrected chi connectivity index (χ0v) is 9.53. The molecular formula is C11H6Cl2N2O. The van der Waals surface area contributed by atoms with Gasteiger partial charge in [-0.05, 0) is 35.9 Å². The summed E-state index contributed by atoms with van der Waals surface area (Å²) in [6.07, 6.45) is 1.73. The van der Waals surface area contributed by atoms with Crippen LogP contribution in [-0.2, 0) is 0 Å². The van der Waals surface area contributed by atoms with E-state index in [9.17, 15) is 0 Å². The van der Waals surface area contributed by atoms with Gasteiger partial charge in [0.25, 0.3) is 0 Å². The molecule has 5 heteroatoms. The van der Waals surface area contributed by atoms with Crippen LogP contribution in [0.3, 0.4) is 0 Å². The van der Waals surface area contributed by atoms with Crippen molar-refractivity contribution in [3.63, 3.8) is 0 Å².